The quantitative estimate of drug-likeness (QED) is 0.419. The third kappa shape index (κ3) is 5.56. The van der Waals surface area contributed by atoms with Crippen molar-refractivity contribution in [2.24, 2.45) is 0 Å². The molecule has 1 aromatic heterocycles. The van der Waals surface area contributed by atoms with Crippen molar-refractivity contribution in [2.75, 3.05) is 31.2 Å². The molecule has 0 unspecified atom stereocenters. The number of hydrogen-bond acceptors (Lipinski definition) is 6. The van der Waals surface area contributed by atoms with Crippen LogP contribution in [0.15, 0.2) is 16.7 Å². The maximum Gasteiger partial charge on any atom is 0.288 e. The Hall–Kier alpha value is -1.26. The van der Waals surface area contributed by atoms with E-state index in [1.165, 1.54) is 22.8 Å². The molecule has 0 aromatic carbocycles. The normalized spacial score (nSPS) is 11.6. The predicted molar refractivity (Wildman–Crippen MR) is 83.8 cm³/mol. The number of aromatic nitrogens is 1. The summed E-state index contributed by atoms with van der Waals surface area (Å²) in [5, 5.41) is 13.6. The molecule has 1 N–H and O–H groups in total. The molecule has 0 amide bonds. The van der Waals surface area contributed by atoms with Gasteiger partial charge in [0.05, 0.1) is 15.7 Å². The van der Waals surface area contributed by atoms with Crippen LogP contribution in [0.5, 0.6) is 0 Å². The molecular formula is C11H17BrN4O4S. The molecule has 0 aliphatic rings. The van der Waals surface area contributed by atoms with Crippen LogP contribution in [0.25, 0.3) is 0 Å². The Morgan fingerprint density at radius 3 is 2.67 bits per heavy atom. The Kier molecular flexibility index (Phi) is 6.49. The number of nitrogens with one attached hydrogen (secondary N) is 1. The van der Waals surface area contributed by atoms with E-state index in [1.54, 1.807) is 6.92 Å². The molecule has 8 nitrogen and oxygen atoms in total. The van der Waals surface area contributed by atoms with E-state index in [1.807, 2.05) is 0 Å². The third-order valence-electron chi connectivity index (χ3n) is 2.74. The van der Waals surface area contributed by atoms with Crippen LogP contribution < -0.4 is 5.32 Å². The largest absolute Gasteiger partial charge is 0.369 e. The molecule has 0 atom stereocenters. The molecule has 0 saturated carbocycles. The van der Waals surface area contributed by atoms with Crippen LogP contribution in [0.3, 0.4) is 0 Å². The van der Waals surface area contributed by atoms with Crippen molar-refractivity contribution in [1.82, 2.24) is 9.29 Å². The van der Waals surface area contributed by atoms with Gasteiger partial charge in [0.15, 0.2) is 0 Å². The summed E-state index contributed by atoms with van der Waals surface area (Å²) < 4.78 is 24.7. The van der Waals surface area contributed by atoms with Gasteiger partial charge in [0, 0.05) is 25.7 Å². The van der Waals surface area contributed by atoms with Gasteiger partial charge >= 0.3 is 0 Å². The van der Waals surface area contributed by atoms with Gasteiger partial charge in [0.1, 0.15) is 12.0 Å². The standard InChI is InChI=1S/C11H17BrN4O4S/c1-3-15(21(2,19)20)6-4-5-13-11-10(12)7-9(8-14-11)16(17)18/h7-8H,3-6H2,1-2H3,(H,13,14). The number of hydrogen-bond donors (Lipinski definition) is 1. The highest BCUT2D eigenvalue weighted by Crippen LogP contribution is 2.24. The van der Waals surface area contributed by atoms with Crippen LogP contribution in [0.4, 0.5) is 11.5 Å². The fourth-order valence-corrected chi connectivity index (χ4v) is 3.09. The first-order valence-electron chi connectivity index (χ1n) is 6.24. The lowest BCUT2D eigenvalue weighted by molar-refractivity contribution is -0.385. The average Bonchev–Trinajstić information content (AvgIpc) is 2.38. The summed E-state index contributed by atoms with van der Waals surface area (Å²) in [4.78, 5) is 14.0. The first-order chi connectivity index (χ1) is 9.75. The van der Waals surface area contributed by atoms with E-state index in [-0.39, 0.29) is 5.69 Å². The Morgan fingerprint density at radius 1 is 1.52 bits per heavy atom. The molecule has 118 valence electrons. The summed E-state index contributed by atoms with van der Waals surface area (Å²) in [5.74, 6) is 0.489. The molecule has 0 bridgehead atoms. The molecule has 10 heteroatoms. The van der Waals surface area contributed by atoms with E-state index in [4.69, 9.17) is 0 Å². The minimum absolute atomic E-state index is 0.0957. The van der Waals surface area contributed by atoms with Crippen LogP contribution in [0.2, 0.25) is 0 Å². The number of nitro groups is 1. The molecule has 0 radical (unpaired) electrons. The van der Waals surface area contributed by atoms with Crippen molar-refractivity contribution in [1.29, 1.82) is 0 Å². The van der Waals surface area contributed by atoms with Gasteiger partial charge in [-0.15, -0.1) is 0 Å². The molecule has 21 heavy (non-hydrogen) atoms. The van der Waals surface area contributed by atoms with Crippen LogP contribution in [0.1, 0.15) is 13.3 Å². The Balaban J connectivity index is 2.52. The molecular weight excluding hydrogens is 364 g/mol. The summed E-state index contributed by atoms with van der Waals surface area (Å²) in [5.41, 5.74) is -0.0957. The van der Waals surface area contributed by atoms with Gasteiger partial charge in [0.25, 0.3) is 5.69 Å². The van der Waals surface area contributed by atoms with Gasteiger partial charge in [-0.25, -0.2) is 17.7 Å². The number of pyridine rings is 1. The Labute approximate surface area is 131 Å². The van der Waals surface area contributed by atoms with E-state index in [0.29, 0.717) is 36.3 Å². The topological polar surface area (TPSA) is 105 Å². The number of nitrogens with zero attached hydrogens (tertiary/aromatic N) is 3. The molecule has 0 fully saturated rings. The second-order valence-corrected chi connectivity index (χ2v) is 7.15. The van der Waals surface area contributed by atoms with Crippen LogP contribution >= 0.6 is 15.9 Å². The molecule has 0 aliphatic carbocycles. The Bertz CT molecular complexity index is 608. The van der Waals surface area contributed by atoms with E-state index in [2.05, 4.69) is 26.2 Å². The second-order valence-electron chi connectivity index (χ2n) is 4.32. The third-order valence-corrected chi connectivity index (χ3v) is 4.72. The number of rotatable bonds is 8. The molecule has 0 spiro atoms. The second kappa shape index (κ2) is 7.66. The first kappa shape index (κ1) is 17.8. The summed E-state index contributed by atoms with van der Waals surface area (Å²) in [6, 6.07) is 1.37. The van der Waals surface area contributed by atoms with Crippen LogP contribution in [0, 0.1) is 10.1 Å². The molecule has 1 aromatic rings. The highest BCUT2D eigenvalue weighted by atomic mass is 79.9. The number of anilines is 1. The van der Waals surface area contributed by atoms with Gasteiger partial charge in [-0.05, 0) is 22.4 Å². The molecule has 0 aliphatic heterocycles. The fourth-order valence-electron chi connectivity index (χ4n) is 1.68. The van der Waals surface area contributed by atoms with Gasteiger partial charge in [0.2, 0.25) is 10.0 Å². The van der Waals surface area contributed by atoms with Gasteiger partial charge in [-0.3, -0.25) is 10.1 Å². The highest BCUT2D eigenvalue weighted by Gasteiger charge is 2.14. The first-order valence-corrected chi connectivity index (χ1v) is 8.88. The van der Waals surface area contributed by atoms with Crippen LogP contribution in [-0.4, -0.2) is 48.5 Å². The summed E-state index contributed by atoms with van der Waals surface area (Å²) in [6.07, 6.45) is 2.95. The zero-order chi connectivity index (χ0) is 16.0. The predicted octanol–water partition coefficient (Wildman–Crippen LogP) is 1.84. The lowest BCUT2D eigenvalue weighted by Crippen LogP contribution is -2.31. The van der Waals surface area contributed by atoms with Crippen molar-refractivity contribution in [3.8, 4) is 0 Å². The highest BCUT2D eigenvalue weighted by molar-refractivity contribution is 9.10. The summed E-state index contributed by atoms with van der Waals surface area (Å²) >= 11 is 3.21. The summed E-state index contributed by atoms with van der Waals surface area (Å²) in [6.45, 7) is 3.13. The Morgan fingerprint density at radius 2 is 2.19 bits per heavy atom. The van der Waals surface area contributed by atoms with E-state index in [0.717, 1.165) is 0 Å². The average molecular weight is 381 g/mol. The zero-order valence-corrected chi connectivity index (χ0v) is 14.1. The van der Waals surface area contributed by atoms with Crippen LogP contribution in [-0.2, 0) is 10.0 Å². The van der Waals surface area contributed by atoms with Crippen molar-refractivity contribution < 1.29 is 13.3 Å². The molecule has 1 rings (SSSR count). The van der Waals surface area contributed by atoms with E-state index in [9.17, 15) is 18.5 Å². The number of sulfonamides is 1. The smallest absolute Gasteiger partial charge is 0.288 e. The maximum absolute atomic E-state index is 11.4. The summed E-state index contributed by atoms with van der Waals surface area (Å²) in [7, 11) is -3.18. The molecule has 1 heterocycles. The van der Waals surface area contributed by atoms with E-state index < -0.39 is 14.9 Å². The lowest BCUT2D eigenvalue weighted by atomic mass is 10.4. The van der Waals surface area contributed by atoms with Gasteiger partial charge in [-0.1, -0.05) is 6.92 Å². The van der Waals surface area contributed by atoms with E-state index >= 15 is 0 Å². The van der Waals surface area contributed by atoms with Crippen molar-refractivity contribution in [3.05, 3.63) is 26.9 Å². The minimum atomic E-state index is -3.18. The maximum atomic E-state index is 11.4. The van der Waals surface area contributed by atoms with Crippen molar-refractivity contribution in [2.45, 2.75) is 13.3 Å². The SMILES string of the molecule is CCN(CCCNc1ncc([N+](=O)[O-])cc1Br)S(C)(=O)=O. The monoisotopic (exact) mass is 380 g/mol. The fraction of sp³-hybridized carbons (Fsp3) is 0.545. The van der Waals surface area contributed by atoms with Crippen molar-refractivity contribution >= 4 is 37.5 Å². The van der Waals surface area contributed by atoms with Gasteiger partial charge in [-0.2, -0.15) is 0 Å². The lowest BCUT2D eigenvalue weighted by Gasteiger charge is -2.17. The molecule has 0 saturated heterocycles. The van der Waals surface area contributed by atoms with Gasteiger partial charge < -0.3 is 5.32 Å². The zero-order valence-electron chi connectivity index (χ0n) is 11.7. The number of halogens is 1. The minimum Gasteiger partial charge on any atom is -0.369 e. The van der Waals surface area contributed by atoms with Crippen molar-refractivity contribution in [3.63, 3.8) is 0 Å².